The largest absolute Gasteiger partial charge is 0.507 e. The molecule has 0 bridgehead atoms. The Bertz CT molecular complexity index is 1760. The van der Waals surface area contributed by atoms with Gasteiger partial charge in [-0.25, -0.2) is 0 Å². The van der Waals surface area contributed by atoms with Crippen LogP contribution in [-0.4, -0.2) is 31.6 Å². The molecule has 0 spiro atoms. The first-order chi connectivity index (χ1) is 26.9. The fraction of sp³-hybridized carbons (Fsp3) is 0.577. The molecule has 4 aliphatic rings. The van der Waals surface area contributed by atoms with Crippen LogP contribution in [0.2, 0.25) is 0 Å². The summed E-state index contributed by atoms with van der Waals surface area (Å²) in [6, 6.07) is 7.79. The van der Waals surface area contributed by atoms with Gasteiger partial charge in [-0.2, -0.15) is 0 Å². The van der Waals surface area contributed by atoms with E-state index in [2.05, 4.69) is 79.0 Å². The third-order valence-corrected chi connectivity index (χ3v) is 12.9. The summed E-state index contributed by atoms with van der Waals surface area (Å²) in [5.41, 5.74) is 8.18. The number of ether oxygens (including phenoxy) is 1. The zero-order valence-corrected chi connectivity index (χ0v) is 37.0. The van der Waals surface area contributed by atoms with Gasteiger partial charge in [-0.15, -0.1) is 0 Å². The molecule has 1 heterocycles. The molecule has 314 valence electrons. The molecule has 0 saturated heterocycles. The van der Waals surface area contributed by atoms with Crippen molar-refractivity contribution in [2.75, 3.05) is 0 Å². The van der Waals surface area contributed by atoms with Crippen molar-refractivity contribution < 1.29 is 25.2 Å². The molecule has 2 aromatic rings. The predicted molar refractivity (Wildman–Crippen MR) is 240 cm³/mol. The maximum atomic E-state index is 10.7. The van der Waals surface area contributed by atoms with Crippen molar-refractivity contribution in [1.82, 2.24) is 0 Å². The quantitative estimate of drug-likeness (QED) is 0.135. The monoisotopic (exact) mass is 781 g/mol. The van der Waals surface area contributed by atoms with Crippen LogP contribution < -0.4 is 4.74 Å². The van der Waals surface area contributed by atoms with E-state index < -0.39 is 5.60 Å². The number of phenolic OH excluding ortho intramolecular Hbond substituents is 3. The second-order valence-corrected chi connectivity index (χ2v) is 18.6. The van der Waals surface area contributed by atoms with Gasteiger partial charge >= 0.3 is 0 Å². The maximum Gasteiger partial charge on any atom is 0.127 e. The van der Waals surface area contributed by atoms with Gasteiger partial charge in [0.25, 0.3) is 0 Å². The van der Waals surface area contributed by atoms with Gasteiger partial charge in [-0.3, -0.25) is 0 Å². The van der Waals surface area contributed by atoms with E-state index in [-0.39, 0.29) is 34.9 Å². The molecule has 1 aliphatic heterocycles. The van der Waals surface area contributed by atoms with Crippen molar-refractivity contribution >= 4 is 0 Å². The Morgan fingerprint density at radius 3 is 1.75 bits per heavy atom. The number of fused-ring (bicyclic) bond motifs is 3. The van der Waals surface area contributed by atoms with Crippen LogP contribution in [0, 0.1) is 17.8 Å². The highest BCUT2D eigenvalue weighted by Gasteiger charge is 2.45. The summed E-state index contributed by atoms with van der Waals surface area (Å²) in [5.74, 6) is 3.27. The van der Waals surface area contributed by atoms with E-state index in [1.807, 2.05) is 45.0 Å². The summed E-state index contributed by atoms with van der Waals surface area (Å²) in [6.45, 7) is 27.0. The summed E-state index contributed by atoms with van der Waals surface area (Å²) in [5, 5.41) is 41.3. The Labute approximate surface area is 346 Å². The molecule has 4 N–H and O–H groups in total. The van der Waals surface area contributed by atoms with Crippen LogP contribution in [0.1, 0.15) is 173 Å². The molecule has 3 aliphatic carbocycles. The van der Waals surface area contributed by atoms with E-state index in [9.17, 15) is 20.4 Å². The van der Waals surface area contributed by atoms with Gasteiger partial charge in [-0.05, 0) is 160 Å². The normalized spacial score (nSPS) is 25.8. The van der Waals surface area contributed by atoms with E-state index >= 15 is 0 Å². The second-order valence-electron chi connectivity index (χ2n) is 18.6. The Hall–Kier alpha value is -3.70. The number of aromatic hydroxyl groups is 3. The van der Waals surface area contributed by atoms with Crippen LogP contribution in [0.4, 0.5) is 0 Å². The highest BCUT2D eigenvalue weighted by atomic mass is 16.5. The third kappa shape index (κ3) is 12.4. The predicted octanol–water partition coefficient (Wildman–Crippen LogP) is 13.9. The number of hydrogen-bond donors (Lipinski definition) is 4. The average molecular weight is 781 g/mol. The number of unbranched alkanes of at least 4 members (excludes halogenated alkanes) is 4. The Balaban J connectivity index is 0.000000202. The molecule has 0 radical (unpaired) electrons. The lowest BCUT2D eigenvalue weighted by molar-refractivity contribution is 0.0107. The first kappa shape index (κ1) is 46.0. The molecule has 5 heteroatoms. The van der Waals surface area contributed by atoms with Gasteiger partial charge < -0.3 is 25.2 Å². The molecule has 0 fully saturated rings. The fourth-order valence-corrected chi connectivity index (χ4v) is 9.31. The van der Waals surface area contributed by atoms with Crippen LogP contribution >= 0.6 is 0 Å². The Kier molecular flexibility index (Phi) is 16.4. The standard InChI is InChI=1S/2C21H30O2.C10H16O/c1-5-6-7-8-15-12-18(22)20-16-11-14(2)9-10-17(16)21(3,4)23-19(20)13-15;1-5-6-7-8-16-12-19(22)21(20(23)13-16)18-11-15(4)9-10-17(18)14(2)3;1-8(2)9-4-6-10(3,11)7-5-9/h11-13,16-17,22H,5-10H2,1-4H3;11-13,17-18,22-23H,2,5-10H2,1,3-4H3;4,6,9,11H,1,5,7H2,2-3H3/t16-,17-;17-,18+;9-,10?/m100/s1. The number of rotatable bonds is 11. The van der Waals surface area contributed by atoms with Crippen LogP contribution in [0.5, 0.6) is 23.0 Å². The van der Waals surface area contributed by atoms with Crippen LogP contribution in [-0.2, 0) is 12.8 Å². The molecule has 0 saturated carbocycles. The Morgan fingerprint density at radius 2 is 1.25 bits per heavy atom. The number of aryl methyl sites for hydroxylation is 2. The van der Waals surface area contributed by atoms with Gasteiger partial charge in [0.05, 0.1) is 5.60 Å². The molecule has 5 nitrogen and oxygen atoms in total. The minimum absolute atomic E-state index is 0.0194. The van der Waals surface area contributed by atoms with Crippen molar-refractivity contribution in [2.45, 2.75) is 175 Å². The summed E-state index contributed by atoms with van der Waals surface area (Å²) in [4.78, 5) is 0. The minimum Gasteiger partial charge on any atom is -0.507 e. The summed E-state index contributed by atoms with van der Waals surface area (Å²) < 4.78 is 6.36. The second kappa shape index (κ2) is 20.3. The summed E-state index contributed by atoms with van der Waals surface area (Å²) >= 11 is 0. The van der Waals surface area contributed by atoms with Gasteiger partial charge in [0, 0.05) is 28.9 Å². The highest BCUT2D eigenvalue weighted by molar-refractivity contribution is 5.54. The van der Waals surface area contributed by atoms with Gasteiger partial charge in [0.15, 0.2) is 0 Å². The average Bonchev–Trinajstić information content (AvgIpc) is 3.11. The molecule has 57 heavy (non-hydrogen) atoms. The highest BCUT2D eigenvalue weighted by Crippen LogP contribution is 2.53. The summed E-state index contributed by atoms with van der Waals surface area (Å²) in [7, 11) is 0. The zero-order chi connectivity index (χ0) is 42.1. The SMILES string of the molecule is C=C(C)[C@@H]1CCC(C)=C[C@H]1c1c(O)cc(CCCCC)cc1O.C=C(C)[C@H]1C=CC(C)(O)CC1.CCCCCc1cc(O)c2c(c1)OC(C)(C)[C@@H]1CCC(C)=C[C@@H]21. The minimum atomic E-state index is -0.577. The molecule has 2 aromatic carbocycles. The molecule has 0 amide bonds. The van der Waals surface area contributed by atoms with Crippen molar-refractivity contribution in [3.63, 3.8) is 0 Å². The van der Waals surface area contributed by atoms with Gasteiger partial charge in [-0.1, -0.05) is 99.3 Å². The van der Waals surface area contributed by atoms with E-state index in [1.165, 1.54) is 54.4 Å². The number of aliphatic hydroxyl groups is 1. The molecule has 1 unspecified atom stereocenters. The lowest BCUT2D eigenvalue weighted by Gasteiger charge is -2.46. The van der Waals surface area contributed by atoms with E-state index in [0.717, 1.165) is 80.2 Å². The molecular weight excluding hydrogens is 705 g/mol. The number of allylic oxidation sites excluding steroid dienone is 7. The first-order valence-corrected chi connectivity index (χ1v) is 22.0. The molecular formula is C52H76O5. The third-order valence-electron chi connectivity index (χ3n) is 12.9. The summed E-state index contributed by atoms with van der Waals surface area (Å²) in [6.07, 6.45) is 23.7. The molecule has 6 rings (SSSR count). The number of hydrogen-bond acceptors (Lipinski definition) is 5. The fourth-order valence-electron chi connectivity index (χ4n) is 9.31. The van der Waals surface area contributed by atoms with Crippen LogP contribution in [0.3, 0.4) is 0 Å². The van der Waals surface area contributed by atoms with E-state index in [0.29, 0.717) is 23.1 Å². The topological polar surface area (TPSA) is 90.2 Å². The van der Waals surface area contributed by atoms with Crippen molar-refractivity contribution in [2.24, 2.45) is 17.8 Å². The number of phenols is 3. The van der Waals surface area contributed by atoms with E-state index in [4.69, 9.17) is 4.74 Å². The van der Waals surface area contributed by atoms with Gasteiger partial charge in [0.1, 0.15) is 28.6 Å². The molecule has 6 atom stereocenters. The Morgan fingerprint density at radius 1 is 0.719 bits per heavy atom. The molecule has 0 aromatic heterocycles. The van der Waals surface area contributed by atoms with Crippen molar-refractivity contribution in [1.29, 1.82) is 0 Å². The van der Waals surface area contributed by atoms with Crippen LogP contribution in [0.15, 0.2) is 84.0 Å². The van der Waals surface area contributed by atoms with E-state index in [1.54, 1.807) is 0 Å². The van der Waals surface area contributed by atoms with Gasteiger partial charge in [0.2, 0.25) is 0 Å². The first-order valence-electron chi connectivity index (χ1n) is 22.0. The van der Waals surface area contributed by atoms with Crippen molar-refractivity contribution in [3.8, 4) is 23.0 Å². The lowest BCUT2D eigenvalue weighted by Crippen LogP contribution is -2.45. The van der Waals surface area contributed by atoms with Crippen LogP contribution in [0.25, 0.3) is 0 Å². The lowest BCUT2D eigenvalue weighted by atomic mass is 9.68. The number of benzene rings is 2. The smallest absolute Gasteiger partial charge is 0.127 e. The van der Waals surface area contributed by atoms with Crippen molar-refractivity contribution in [3.05, 3.63) is 106 Å². The maximum absolute atomic E-state index is 10.7. The zero-order valence-electron chi connectivity index (χ0n) is 37.0.